The second-order valence-corrected chi connectivity index (χ2v) is 8.94. The van der Waals surface area contributed by atoms with Gasteiger partial charge in [-0.05, 0) is 92.8 Å². The minimum Gasteiger partial charge on any atom is -0.459 e. The lowest BCUT2D eigenvalue weighted by Crippen LogP contribution is -2.24. The maximum atomic E-state index is 12.6. The Morgan fingerprint density at radius 3 is 2.06 bits per heavy atom. The van der Waals surface area contributed by atoms with Gasteiger partial charge in [-0.2, -0.15) is 0 Å². The molecule has 0 amide bonds. The monoisotopic (exact) mass is 430 g/mol. The van der Waals surface area contributed by atoms with Gasteiger partial charge < -0.3 is 9.47 Å². The SMILES string of the molecule is Cc1ccc(C2CCC(OC(=O)c3ccc(C(=O)OC4=CCC(C)C=C4)cc3)CC2)cc1. The Morgan fingerprint density at radius 2 is 1.47 bits per heavy atom. The maximum absolute atomic E-state index is 12.6. The van der Waals surface area contributed by atoms with Gasteiger partial charge in [0.2, 0.25) is 0 Å². The van der Waals surface area contributed by atoms with Gasteiger partial charge in [-0.25, -0.2) is 9.59 Å². The molecule has 2 aliphatic rings. The summed E-state index contributed by atoms with van der Waals surface area (Å²) in [6, 6.07) is 15.2. The normalized spacial score (nSPS) is 22.7. The average Bonchev–Trinajstić information content (AvgIpc) is 2.82. The quantitative estimate of drug-likeness (QED) is 0.507. The number of hydrogen-bond acceptors (Lipinski definition) is 4. The van der Waals surface area contributed by atoms with Crippen LogP contribution in [0.3, 0.4) is 0 Å². The van der Waals surface area contributed by atoms with Crippen molar-refractivity contribution < 1.29 is 19.1 Å². The van der Waals surface area contributed by atoms with Crippen LogP contribution in [-0.2, 0) is 9.47 Å². The van der Waals surface area contributed by atoms with E-state index in [9.17, 15) is 9.59 Å². The molecule has 0 saturated heterocycles. The van der Waals surface area contributed by atoms with Crippen LogP contribution >= 0.6 is 0 Å². The van der Waals surface area contributed by atoms with Gasteiger partial charge in [0.15, 0.2) is 0 Å². The third-order valence-electron chi connectivity index (χ3n) is 6.34. The second-order valence-electron chi connectivity index (χ2n) is 8.94. The summed E-state index contributed by atoms with van der Waals surface area (Å²) in [6.45, 7) is 4.21. The summed E-state index contributed by atoms with van der Waals surface area (Å²) >= 11 is 0. The van der Waals surface area contributed by atoms with Crippen LogP contribution in [-0.4, -0.2) is 18.0 Å². The Morgan fingerprint density at radius 1 is 0.844 bits per heavy atom. The van der Waals surface area contributed by atoms with Crippen LogP contribution in [0.5, 0.6) is 0 Å². The Hall–Kier alpha value is -3.14. The van der Waals surface area contributed by atoms with E-state index in [1.54, 1.807) is 24.3 Å². The summed E-state index contributed by atoms with van der Waals surface area (Å²) in [6.07, 6.45) is 10.4. The lowest BCUT2D eigenvalue weighted by atomic mass is 9.82. The topological polar surface area (TPSA) is 52.6 Å². The highest BCUT2D eigenvalue weighted by molar-refractivity contribution is 5.93. The van der Waals surface area contributed by atoms with E-state index in [2.05, 4.69) is 38.1 Å². The lowest BCUT2D eigenvalue weighted by Gasteiger charge is -2.28. The van der Waals surface area contributed by atoms with Gasteiger partial charge in [-0.3, -0.25) is 0 Å². The predicted molar refractivity (Wildman–Crippen MR) is 124 cm³/mol. The van der Waals surface area contributed by atoms with Crippen LogP contribution in [0.15, 0.2) is 72.5 Å². The Kier molecular flexibility index (Phi) is 6.89. The molecule has 0 heterocycles. The van der Waals surface area contributed by atoms with E-state index >= 15 is 0 Å². The number of allylic oxidation sites excluding steroid dienone is 3. The van der Waals surface area contributed by atoms with Crippen molar-refractivity contribution in [2.24, 2.45) is 5.92 Å². The molecule has 0 spiro atoms. The third kappa shape index (κ3) is 5.56. The third-order valence-corrected chi connectivity index (χ3v) is 6.34. The van der Waals surface area contributed by atoms with Crippen molar-refractivity contribution in [3.8, 4) is 0 Å². The molecule has 0 aliphatic heterocycles. The van der Waals surface area contributed by atoms with E-state index in [4.69, 9.17) is 9.47 Å². The van der Waals surface area contributed by atoms with Crippen LogP contribution in [0.25, 0.3) is 0 Å². The summed E-state index contributed by atoms with van der Waals surface area (Å²) in [5.41, 5.74) is 3.51. The summed E-state index contributed by atoms with van der Waals surface area (Å²) in [4.78, 5) is 24.9. The van der Waals surface area contributed by atoms with Crippen LogP contribution in [0, 0.1) is 12.8 Å². The van der Waals surface area contributed by atoms with E-state index in [1.807, 2.05) is 18.2 Å². The van der Waals surface area contributed by atoms with Crippen molar-refractivity contribution in [3.05, 3.63) is 94.8 Å². The molecule has 0 bridgehead atoms. The Balaban J connectivity index is 1.27. The number of carbonyl (C=O) groups excluding carboxylic acids is 2. The van der Waals surface area contributed by atoms with Crippen molar-refractivity contribution in [2.45, 2.75) is 58.0 Å². The van der Waals surface area contributed by atoms with Crippen molar-refractivity contribution >= 4 is 11.9 Å². The highest BCUT2D eigenvalue weighted by Crippen LogP contribution is 2.34. The largest absolute Gasteiger partial charge is 0.459 e. The van der Waals surface area contributed by atoms with Crippen LogP contribution < -0.4 is 0 Å². The number of benzene rings is 2. The van der Waals surface area contributed by atoms with Crippen molar-refractivity contribution in [3.63, 3.8) is 0 Å². The van der Waals surface area contributed by atoms with Gasteiger partial charge in [0.1, 0.15) is 11.9 Å². The fourth-order valence-corrected chi connectivity index (χ4v) is 4.26. The second kappa shape index (κ2) is 9.99. The first-order chi connectivity index (χ1) is 15.5. The summed E-state index contributed by atoms with van der Waals surface area (Å²) in [5, 5.41) is 0. The van der Waals surface area contributed by atoms with Crippen LogP contribution in [0.1, 0.15) is 76.8 Å². The standard InChI is InChI=1S/C28H30O4/c1-19-3-7-21(8-4-19)22-13-17-26(18-14-22)32-28(30)24-11-9-23(10-12-24)27(29)31-25-15-5-20(2)6-16-25/h3-5,7-12,15-16,20,22,26H,6,13-14,17-18H2,1-2H3. The number of carbonyl (C=O) groups is 2. The van der Waals surface area contributed by atoms with Crippen LogP contribution in [0.4, 0.5) is 0 Å². The molecule has 1 saturated carbocycles. The lowest BCUT2D eigenvalue weighted by molar-refractivity contribution is 0.0195. The molecular weight excluding hydrogens is 400 g/mol. The van der Waals surface area contributed by atoms with E-state index in [1.165, 1.54) is 11.1 Å². The van der Waals surface area contributed by atoms with Gasteiger partial charge in [0.05, 0.1) is 11.1 Å². The zero-order valence-corrected chi connectivity index (χ0v) is 18.8. The van der Waals surface area contributed by atoms with E-state index in [-0.39, 0.29) is 12.1 Å². The first-order valence-electron chi connectivity index (χ1n) is 11.5. The van der Waals surface area contributed by atoms with Crippen molar-refractivity contribution in [1.29, 1.82) is 0 Å². The van der Waals surface area contributed by atoms with Gasteiger partial charge in [0, 0.05) is 0 Å². The number of esters is 2. The highest BCUT2D eigenvalue weighted by atomic mass is 16.5. The minimum atomic E-state index is -0.426. The molecule has 4 rings (SSSR count). The molecule has 4 nitrogen and oxygen atoms in total. The first kappa shape index (κ1) is 22.1. The molecule has 2 aliphatic carbocycles. The fraction of sp³-hybridized carbons (Fsp3) is 0.357. The summed E-state index contributed by atoms with van der Waals surface area (Å²) < 4.78 is 11.2. The Labute approximate surface area is 189 Å². The number of hydrogen-bond donors (Lipinski definition) is 0. The van der Waals surface area contributed by atoms with Crippen molar-refractivity contribution in [2.75, 3.05) is 0 Å². The molecule has 0 radical (unpaired) electrons. The van der Waals surface area contributed by atoms with Crippen LogP contribution in [0.2, 0.25) is 0 Å². The Bertz CT molecular complexity index is 1010. The number of ether oxygens (including phenoxy) is 2. The number of rotatable bonds is 5. The molecule has 166 valence electrons. The van der Waals surface area contributed by atoms with Gasteiger partial charge in [-0.15, -0.1) is 0 Å². The van der Waals surface area contributed by atoms with Gasteiger partial charge >= 0.3 is 11.9 Å². The smallest absolute Gasteiger partial charge is 0.343 e. The summed E-state index contributed by atoms with van der Waals surface area (Å²) in [5.74, 6) is 0.798. The van der Waals surface area contributed by atoms with Gasteiger partial charge in [-0.1, -0.05) is 42.8 Å². The molecule has 2 aromatic rings. The maximum Gasteiger partial charge on any atom is 0.343 e. The molecule has 2 aromatic carbocycles. The van der Waals surface area contributed by atoms with E-state index in [0.717, 1.165) is 32.1 Å². The molecule has 0 aromatic heterocycles. The minimum absolute atomic E-state index is 0.0544. The average molecular weight is 431 g/mol. The van der Waals surface area contributed by atoms with Crippen molar-refractivity contribution in [1.82, 2.24) is 0 Å². The summed E-state index contributed by atoms with van der Waals surface area (Å²) in [7, 11) is 0. The highest BCUT2D eigenvalue weighted by Gasteiger charge is 2.25. The fourth-order valence-electron chi connectivity index (χ4n) is 4.26. The van der Waals surface area contributed by atoms with Gasteiger partial charge in [0.25, 0.3) is 0 Å². The van der Waals surface area contributed by atoms with E-state index in [0.29, 0.717) is 28.7 Å². The molecule has 0 N–H and O–H groups in total. The number of aryl methyl sites for hydroxylation is 1. The zero-order chi connectivity index (χ0) is 22.5. The van der Waals surface area contributed by atoms with E-state index < -0.39 is 5.97 Å². The zero-order valence-electron chi connectivity index (χ0n) is 18.8. The molecule has 1 fully saturated rings. The molecule has 1 unspecified atom stereocenters. The molecule has 32 heavy (non-hydrogen) atoms. The first-order valence-corrected chi connectivity index (χ1v) is 11.5. The molecule has 4 heteroatoms. The molecule has 1 atom stereocenters. The predicted octanol–water partition coefficient (Wildman–Crippen LogP) is 6.51. The molecular formula is C28H30O4.